The van der Waals surface area contributed by atoms with Crippen LogP contribution in [0, 0.1) is 5.41 Å². The Morgan fingerprint density at radius 2 is 1.85 bits per heavy atom. The highest BCUT2D eigenvalue weighted by atomic mass is 16.5. The Morgan fingerprint density at radius 3 is 2.50 bits per heavy atom. The van der Waals surface area contributed by atoms with E-state index in [0.717, 1.165) is 17.9 Å². The minimum absolute atomic E-state index is 0.0469. The van der Waals surface area contributed by atoms with E-state index < -0.39 is 0 Å². The van der Waals surface area contributed by atoms with Crippen molar-refractivity contribution in [3.8, 4) is 11.5 Å². The van der Waals surface area contributed by atoms with Crippen LogP contribution < -0.4 is 15.2 Å². The van der Waals surface area contributed by atoms with Crippen LogP contribution in [0.2, 0.25) is 0 Å². The highest BCUT2D eigenvalue weighted by Gasteiger charge is 2.00. The fraction of sp³-hybridized carbons (Fsp3) is 0.188. The Balaban J connectivity index is 1.88. The lowest BCUT2D eigenvalue weighted by Crippen LogP contribution is -2.11. The zero-order valence-electron chi connectivity index (χ0n) is 11.4. The number of methoxy groups -OCH3 is 1. The van der Waals surface area contributed by atoms with Crippen molar-refractivity contribution in [3.05, 3.63) is 59.7 Å². The SMILES string of the molecule is COc1ccc(CCOc2cccc(C(=N)N)c2)cc1. The van der Waals surface area contributed by atoms with Crippen LogP contribution in [-0.2, 0) is 6.42 Å². The highest BCUT2D eigenvalue weighted by molar-refractivity contribution is 5.95. The third-order valence-corrected chi connectivity index (χ3v) is 2.96. The summed E-state index contributed by atoms with van der Waals surface area (Å²) < 4.78 is 10.8. The number of ether oxygens (including phenoxy) is 2. The maximum absolute atomic E-state index is 7.39. The van der Waals surface area contributed by atoms with Gasteiger partial charge in [0.25, 0.3) is 0 Å². The number of hydrogen-bond acceptors (Lipinski definition) is 3. The van der Waals surface area contributed by atoms with E-state index in [1.54, 1.807) is 19.2 Å². The van der Waals surface area contributed by atoms with Crippen LogP contribution in [-0.4, -0.2) is 19.6 Å². The van der Waals surface area contributed by atoms with Crippen LogP contribution >= 0.6 is 0 Å². The van der Waals surface area contributed by atoms with Crippen molar-refractivity contribution in [2.75, 3.05) is 13.7 Å². The van der Waals surface area contributed by atoms with Crippen LogP contribution in [0.3, 0.4) is 0 Å². The summed E-state index contributed by atoms with van der Waals surface area (Å²) in [7, 11) is 1.65. The molecule has 20 heavy (non-hydrogen) atoms. The molecule has 0 aromatic heterocycles. The molecular weight excluding hydrogens is 252 g/mol. The molecule has 4 nitrogen and oxygen atoms in total. The van der Waals surface area contributed by atoms with Crippen molar-refractivity contribution in [3.63, 3.8) is 0 Å². The summed E-state index contributed by atoms with van der Waals surface area (Å²) in [4.78, 5) is 0. The van der Waals surface area contributed by atoms with Crippen LogP contribution in [0.1, 0.15) is 11.1 Å². The largest absolute Gasteiger partial charge is 0.497 e. The third-order valence-electron chi connectivity index (χ3n) is 2.96. The van der Waals surface area contributed by atoms with Crippen LogP contribution in [0.15, 0.2) is 48.5 Å². The summed E-state index contributed by atoms with van der Waals surface area (Å²) in [5.41, 5.74) is 7.31. The van der Waals surface area contributed by atoms with E-state index in [4.69, 9.17) is 20.6 Å². The molecule has 0 saturated heterocycles. The van der Waals surface area contributed by atoms with E-state index in [2.05, 4.69) is 0 Å². The molecule has 0 fully saturated rings. The fourth-order valence-corrected chi connectivity index (χ4v) is 1.83. The first kappa shape index (κ1) is 13.9. The average Bonchev–Trinajstić information content (AvgIpc) is 2.48. The quantitative estimate of drug-likeness (QED) is 0.626. The third kappa shape index (κ3) is 3.75. The number of nitrogens with two attached hydrogens (primary N) is 1. The van der Waals surface area contributed by atoms with E-state index in [0.29, 0.717) is 12.2 Å². The molecular formula is C16H18N2O2. The van der Waals surface area contributed by atoms with Gasteiger partial charge in [0.15, 0.2) is 0 Å². The Morgan fingerprint density at radius 1 is 1.10 bits per heavy atom. The van der Waals surface area contributed by atoms with Gasteiger partial charge in [-0.1, -0.05) is 24.3 Å². The lowest BCUT2D eigenvalue weighted by atomic mass is 10.1. The molecule has 0 bridgehead atoms. The molecule has 2 rings (SSSR count). The zero-order chi connectivity index (χ0) is 14.4. The monoisotopic (exact) mass is 270 g/mol. The highest BCUT2D eigenvalue weighted by Crippen LogP contribution is 2.15. The van der Waals surface area contributed by atoms with E-state index in [1.165, 1.54) is 5.56 Å². The Labute approximate surface area is 118 Å². The number of benzene rings is 2. The van der Waals surface area contributed by atoms with Gasteiger partial charge in [-0.3, -0.25) is 5.41 Å². The number of rotatable bonds is 6. The Kier molecular flexibility index (Phi) is 4.60. The Hall–Kier alpha value is -2.49. The molecule has 0 aliphatic carbocycles. The van der Waals surface area contributed by atoms with E-state index in [-0.39, 0.29) is 5.84 Å². The molecule has 0 atom stereocenters. The first-order valence-corrected chi connectivity index (χ1v) is 6.39. The van der Waals surface area contributed by atoms with Gasteiger partial charge in [0.1, 0.15) is 17.3 Å². The van der Waals surface area contributed by atoms with Crippen LogP contribution in [0.4, 0.5) is 0 Å². The second kappa shape index (κ2) is 6.61. The van der Waals surface area contributed by atoms with Gasteiger partial charge < -0.3 is 15.2 Å². The fourth-order valence-electron chi connectivity index (χ4n) is 1.83. The summed E-state index contributed by atoms with van der Waals surface area (Å²) in [6.45, 7) is 0.577. The maximum Gasteiger partial charge on any atom is 0.122 e. The molecule has 104 valence electrons. The molecule has 0 aliphatic rings. The van der Waals surface area contributed by atoms with Crippen LogP contribution in [0.25, 0.3) is 0 Å². The van der Waals surface area contributed by atoms with Crippen molar-refractivity contribution in [2.45, 2.75) is 6.42 Å². The molecule has 2 aromatic carbocycles. The minimum Gasteiger partial charge on any atom is -0.497 e. The smallest absolute Gasteiger partial charge is 0.122 e. The molecule has 2 aromatic rings. The lowest BCUT2D eigenvalue weighted by Gasteiger charge is -2.08. The van der Waals surface area contributed by atoms with Crippen molar-refractivity contribution in [1.82, 2.24) is 0 Å². The zero-order valence-corrected chi connectivity index (χ0v) is 11.4. The maximum atomic E-state index is 7.39. The van der Waals surface area contributed by atoms with Crippen molar-refractivity contribution < 1.29 is 9.47 Å². The molecule has 0 amide bonds. The summed E-state index contributed by atoms with van der Waals surface area (Å²) in [6, 6.07) is 15.2. The van der Waals surface area contributed by atoms with Gasteiger partial charge in [0.05, 0.1) is 13.7 Å². The predicted octanol–water partition coefficient (Wildman–Crippen LogP) is 2.60. The lowest BCUT2D eigenvalue weighted by molar-refractivity contribution is 0.322. The molecule has 4 heteroatoms. The van der Waals surface area contributed by atoms with Gasteiger partial charge >= 0.3 is 0 Å². The average molecular weight is 270 g/mol. The number of amidine groups is 1. The molecule has 0 heterocycles. The Bertz CT molecular complexity index is 579. The van der Waals surface area contributed by atoms with Crippen molar-refractivity contribution in [2.24, 2.45) is 5.73 Å². The van der Waals surface area contributed by atoms with Gasteiger partial charge in [-0.15, -0.1) is 0 Å². The second-order valence-electron chi connectivity index (χ2n) is 4.39. The molecule has 0 spiro atoms. The molecule has 3 N–H and O–H groups in total. The number of nitrogen functional groups attached to an aromatic ring is 1. The van der Waals surface area contributed by atoms with Gasteiger partial charge in [0.2, 0.25) is 0 Å². The number of nitrogens with one attached hydrogen (secondary N) is 1. The van der Waals surface area contributed by atoms with E-state index in [9.17, 15) is 0 Å². The van der Waals surface area contributed by atoms with Crippen molar-refractivity contribution in [1.29, 1.82) is 5.41 Å². The molecule has 0 saturated carbocycles. The normalized spacial score (nSPS) is 10.1. The molecule has 0 radical (unpaired) electrons. The van der Waals surface area contributed by atoms with Gasteiger partial charge in [-0.25, -0.2) is 0 Å². The predicted molar refractivity (Wildman–Crippen MR) is 79.7 cm³/mol. The first-order chi connectivity index (χ1) is 9.69. The van der Waals surface area contributed by atoms with E-state index >= 15 is 0 Å². The second-order valence-corrected chi connectivity index (χ2v) is 4.39. The van der Waals surface area contributed by atoms with Gasteiger partial charge in [0, 0.05) is 12.0 Å². The standard InChI is InChI=1S/C16H18N2O2/c1-19-14-7-5-12(6-8-14)9-10-20-15-4-2-3-13(11-15)16(17)18/h2-8,11H,9-10H2,1H3,(H3,17,18). The van der Waals surface area contributed by atoms with Gasteiger partial charge in [-0.05, 0) is 29.8 Å². The molecule has 0 unspecified atom stereocenters. The van der Waals surface area contributed by atoms with Crippen LogP contribution in [0.5, 0.6) is 11.5 Å². The summed E-state index contributed by atoms with van der Waals surface area (Å²) in [5, 5.41) is 7.39. The van der Waals surface area contributed by atoms with E-state index in [1.807, 2.05) is 36.4 Å². The first-order valence-electron chi connectivity index (χ1n) is 6.39. The van der Waals surface area contributed by atoms with Crippen molar-refractivity contribution >= 4 is 5.84 Å². The summed E-state index contributed by atoms with van der Waals surface area (Å²) in [5.74, 6) is 1.63. The summed E-state index contributed by atoms with van der Waals surface area (Å²) >= 11 is 0. The van der Waals surface area contributed by atoms with Gasteiger partial charge in [-0.2, -0.15) is 0 Å². The summed E-state index contributed by atoms with van der Waals surface area (Å²) in [6.07, 6.45) is 0.814. The molecule has 0 aliphatic heterocycles. The minimum atomic E-state index is 0.0469. The topological polar surface area (TPSA) is 68.3 Å². The number of hydrogen-bond donors (Lipinski definition) is 2.